The summed E-state index contributed by atoms with van der Waals surface area (Å²) in [5.74, 6) is -0.101. The molecule has 0 atom stereocenters. The maximum Gasteiger partial charge on any atom is 0.267 e. The maximum absolute atomic E-state index is 12.3. The Morgan fingerprint density at radius 3 is 2.90 bits per heavy atom. The number of nitrogens with zero attached hydrogens (tertiary/aromatic N) is 2. The summed E-state index contributed by atoms with van der Waals surface area (Å²) in [6, 6.07) is 1.86. The molecule has 1 aliphatic rings. The molecule has 2 aromatic rings. The van der Waals surface area contributed by atoms with E-state index >= 15 is 0 Å². The predicted molar refractivity (Wildman–Crippen MR) is 82.3 cm³/mol. The molecule has 0 unspecified atom stereocenters. The number of hydrogen-bond donors (Lipinski definition) is 2. The van der Waals surface area contributed by atoms with Crippen molar-refractivity contribution < 1.29 is 9.90 Å². The second kappa shape index (κ2) is 5.27. The molecule has 0 radical (unpaired) electrons. The molecule has 0 bridgehead atoms. The SMILES string of the molecule is Cc1nc(-c2cc(C(=O)NCC3(CO)CC3)n(C)c2)cs1. The van der Waals surface area contributed by atoms with Gasteiger partial charge in [0.1, 0.15) is 5.69 Å². The fourth-order valence-electron chi connectivity index (χ4n) is 2.35. The molecule has 0 spiro atoms. The van der Waals surface area contributed by atoms with Crippen LogP contribution in [0.2, 0.25) is 0 Å². The quantitative estimate of drug-likeness (QED) is 0.887. The average molecular weight is 305 g/mol. The van der Waals surface area contributed by atoms with Crippen molar-refractivity contribution in [2.45, 2.75) is 19.8 Å². The molecule has 112 valence electrons. The van der Waals surface area contributed by atoms with Gasteiger partial charge in [0.15, 0.2) is 0 Å². The van der Waals surface area contributed by atoms with Crippen molar-refractivity contribution in [1.82, 2.24) is 14.9 Å². The largest absolute Gasteiger partial charge is 0.396 e. The van der Waals surface area contributed by atoms with Crippen LogP contribution in [0.15, 0.2) is 17.6 Å². The van der Waals surface area contributed by atoms with Gasteiger partial charge in [0.2, 0.25) is 0 Å². The number of aryl methyl sites for hydroxylation is 2. The molecule has 0 aliphatic heterocycles. The van der Waals surface area contributed by atoms with Crippen LogP contribution < -0.4 is 5.32 Å². The minimum absolute atomic E-state index is 0.0737. The highest BCUT2D eigenvalue weighted by Crippen LogP contribution is 2.44. The molecule has 1 aliphatic carbocycles. The number of amides is 1. The smallest absolute Gasteiger partial charge is 0.267 e. The van der Waals surface area contributed by atoms with Crippen molar-refractivity contribution in [1.29, 1.82) is 0 Å². The number of hydrogen-bond acceptors (Lipinski definition) is 4. The monoisotopic (exact) mass is 305 g/mol. The molecule has 21 heavy (non-hydrogen) atoms. The van der Waals surface area contributed by atoms with E-state index in [0.29, 0.717) is 12.2 Å². The topological polar surface area (TPSA) is 67.2 Å². The maximum atomic E-state index is 12.3. The first-order valence-electron chi connectivity index (χ1n) is 7.01. The first kappa shape index (κ1) is 14.3. The average Bonchev–Trinajstić information content (AvgIpc) is 2.96. The number of rotatable bonds is 5. The van der Waals surface area contributed by atoms with Gasteiger partial charge in [-0.3, -0.25) is 4.79 Å². The summed E-state index contributed by atoms with van der Waals surface area (Å²) in [7, 11) is 1.86. The Hall–Kier alpha value is -1.66. The Kier molecular flexibility index (Phi) is 3.59. The van der Waals surface area contributed by atoms with Crippen LogP contribution in [-0.4, -0.2) is 33.7 Å². The minimum atomic E-state index is -0.101. The highest BCUT2D eigenvalue weighted by Gasteiger charge is 2.42. The van der Waals surface area contributed by atoms with Gasteiger partial charge in [0.25, 0.3) is 5.91 Å². The third-order valence-corrected chi connectivity index (χ3v) is 4.84. The lowest BCUT2D eigenvalue weighted by atomic mass is 10.1. The van der Waals surface area contributed by atoms with E-state index in [2.05, 4.69) is 10.3 Å². The normalized spacial score (nSPS) is 16.0. The van der Waals surface area contributed by atoms with E-state index in [1.165, 1.54) is 0 Å². The van der Waals surface area contributed by atoms with Gasteiger partial charge in [-0.15, -0.1) is 11.3 Å². The highest BCUT2D eigenvalue weighted by atomic mass is 32.1. The van der Waals surface area contributed by atoms with Crippen molar-refractivity contribution in [3.8, 4) is 11.3 Å². The number of carbonyl (C=O) groups is 1. The van der Waals surface area contributed by atoms with Gasteiger partial charge in [0.05, 0.1) is 17.3 Å². The van der Waals surface area contributed by atoms with Crippen LogP contribution >= 0.6 is 11.3 Å². The second-order valence-corrected chi connectivity index (χ2v) is 6.88. The lowest BCUT2D eigenvalue weighted by Gasteiger charge is -2.12. The van der Waals surface area contributed by atoms with Crippen LogP contribution in [0.1, 0.15) is 28.3 Å². The Bertz CT molecular complexity index is 670. The second-order valence-electron chi connectivity index (χ2n) is 5.82. The van der Waals surface area contributed by atoms with Gasteiger partial charge >= 0.3 is 0 Å². The van der Waals surface area contributed by atoms with E-state index in [9.17, 15) is 9.90 Å². The third-order valence-electron chi connectivity index (χ3n) is 4.07. The van der Waals surface area contributed by atoms with E-state index < -0.39 is 0 Å². The number of aliphatic hydroxyl groups is 1. The first-order chi connectivity index (χ1) is 10.0. The van der Waals surface area contributed by atoms with E-state index in [0.717, 1.165) is 29.1 Å². The zero-order valence-electron chi connectivity index (χ0n) is 12.2. The molecule has 2 heterocycles. The summed E-state index contributed by atoms with van der Waals surface area (Å²) >= 11 is 1.60. The summed E-state index contributed by atoms with van der Waals surface area (Å²) in [5, 5.41) is 15.2. The number of carbonyl (C=O) groups excluding carboxylic acids is 1. The minimum Gasteiger partial charge on any atom is -0.396 e. The first-order valence-corrected chi connectivity index (χ1v) is 7.89. The van der Waals surface area contributed by atoms with Crippen LogP contribution in [0.5, 0.6) is 0 Å². The van der Waals surface area contributed by atoms with Crippen molar-refractivity contribution in [2.75, 3.05) is 13.2 Å². The zero-order chi connectivity index (χ0) is 15.0. The van der Waals surface area contributed by atoms with E-state index in [-0.39, 0.29) is 17.9 Å². The van der Waals surface area contributed by atoms with Crippen molar-refractivity contribution in [3.05, 3.63) is 28.3 Å². The lowest BCUT2D eigenvalue weighted by molar-refractivity contribution is 0.0927. The molecule has 2 N–H and O–H groups in total. The number of nitrogens with one attached hydrogen (secondary N) is 1. The summed E-state index contributed by atoms with van der Waals surface area (Å²) in [6.07, 6.45) is 3.89. The molecule has 5 nitrogen and oxygen atoms in total. The van der Waals surface area contributed by atoms with Crippen molar-refractivity contribution in [2.24, 2.45) is 12.5 Å². The Morgan fingerprint density at radius 2 is 2.33 bits per heavy atom. The van der Waals surface area contributed by atoms with Crippen LogP contribution in [0.4, 0.5) is 0 Å². The Labute approximate surface area is 127 Å². The van der Waals surface area contributed by atoms with Gasteiger partial charge in [-0.1, -0.05) is 0 Å². The van der Waals surface area contributed by atoms with Gasteiger partial charge < -0.3 is 15.0 Å². The molecule has 1 amide bonds. The van der Waals surface area contributed by atoms with Crippen LogP contribution in [0, 0.1) is 12.3 Å². The Morgan fingerprint density at radius 1 is 1.57 bits per heavy atom. The predicted octanol–water partition coefficient (Wildman–Crippen LogP) is 1.96. The fraction of sp³-hybridized carbons (Fsp3) is 0.467. The van der Waals surface area contributed by atoms with Gasteiger partial charge in [-0.25, -0.2) is 4.98 Å². The van der Waals surface area contributed by atoms with E-state index in [4.69, 9.17) is 0 Å². The highest BCUT2D eigenvalue weighted by molar-refractivity contribution is 7.09. The third kappa shape index (κ3) is 2.87. The molecule has 3 rings (SSSR count). The molecular weight excluding hydrogens is 286 g/mol. The molecular formula is C15H19N3O2S. The summed E-state index contributed by atoms with van der Waals surface area (Å²) in [5.41, 5.74) is 2.40. The van der Waals surface area contributed by atoms with E-state index in [1.807, 2.05) is 36.2 Å². The van der Waals surface area contributed by atoms with Crippen LogP contribution in [0.25, 0.3) is 11.3 Å². The van der Waals surface area contributed by atoms with Crippen LogP contribution in [-0.2, 0) is 7.05 Å². The fourth-order valence-corrected chi connectivity index (χ4v) is 2.97. The summed E-state index contributed by atoms with van der Waals surface area (Å²) in [4.78, 5) is 16.7. The molecule has 2 aromatic heterocycles. The lowest BCUT2D eigenvalue weighted by Crippen LogP contribution is -2.32. The zero-order valence-corrected chi connectivity index (χ0v) is 13.0. The standard InChI is InChI=1S/C15H19N3O2S/c1-10-17-12(7-21-10)11-5-13(18(2)6-11)14(20)16-8-15(9-19)3-4-15/h5-7,19H,3-4,8-9H2,1-2H3,(H,16,20). The van der Waals surface area contributed by atoms with Gasteiger partial charge in [-0.2, -0.15) is 0 Å². The summed E-state index contributed by atoms with van der Waals surface area (Å²) < 4.78 is 1.82. The molecule has 1 fully saturated rings. The van der Waals surface area contributed by atoms with Crippen molar-refractivity contribution >= 4 is 17.2 Å². The number of thiazole rings is 1. The Balaban J connectivity index is 1.73. The molecule has 0 aromatic carbocycles. The van der Waals surface area contributed by atoms with Gasteiger partial charge in [0, 0.05) is 36.1 Å². The van der Waals surface area contributed by atoms with Gasteiger partial charge in [-0.05, 0) is 25.8 Å². The number of aliphatic hydroxyl groups excluding tert-OH is 1. The molecule has 1 saturated carbocycles. The summed E-state index contributed by atoms with van der Waals surface area (Å²) in [6.45, 7) is 2.65. The van der Waals surface area contributed by atoms with Crippen molar-refractivity contribution in [3.63, 3.8) is 0 Å². The number of aromatic nitrogens is 2. The van der Waals surface area contributed by atoms with Crippen LogP contribution in [0.3, 0.4) is 0 Å². The van der Waals surface area contributed by atoms with E-state index in [1.54, 1.807) is 11.3 Å². The molecule has 0 saturated heterocycles. The molecule has 6 heteroatoms.